The van der Waals surface area contributed by atoms with Crippen LogP contribution in [0.3, 0.4) is 0 Å². The predicted molar refractivity (Wildman–Crippen MR) is 109 cm³/mol. The summed E-state index contributed by atoms with van der Waals surface area (Å²) in [5.74, 6) is 0.801. The largest absolute Gasteiger partial charge is 0.347 e. The summed E-state index contributed by atoms with van der Waals surface area (Å²) in [7, 11) is 0. The molecule has 2 aliphatic rings. The Morgan fingerprint density at radius 3 is 2.53 bits per heavy atom. The first-order chi connectivity index (χ1) is 14.5. The summed E-state index contributed by atoms with van der Waals surface area (Å²) in [5.41, 5.74) is 2.71. The number of nitrogens with one attached hydrogen (secondary N) is 1. The van der Waals surface area contributed by atoms with Gasteiger partial charge in [-0.25, -0.2) is 14.2 Å². The molecular weight excluding hydrogens is 382 g/mol. The summed E-state index contributed by atoms with van der Waals surface area (Å²) >= 11 is 0. The van der Waals surface area contributed by atoms with Gasteiger partial charge in [0.25, 0.3) is 17.2 Å². The van der Waals surface area contributed by atoms with Gasteiger partial charge in [0.2, 0.25) is 5.82 Å². The molecule has 2 saturated carbocycles. The van der Waals surface area contributed by atoms with E-state index in [2.05, 4.69) is 25.5 Å². The van der Waals surface area contributed by atoms with Crippen molar-refractivity contribution < 1.29 is 4.79 Å². The van der Waals surface area contributed by atoms with E-state index in [1.807, 2.05) is 26.0 Å². The van der Waals surface area contributed by atoms with Crippen LogP contribution in [0, 0.1) is 13.8 Å². The zero-order valence-corrected chi connectivity index (χ0v) is 17.2. The van der Waals surface area contributed by atoms with Crippen molar-refractivity contribution in [2.24, 2.45) is 0 Å². The summed E-state index contributed by atoms with van der Waals surface area (Å²) in [6.45, 7) is 3.80. The monoisotopic (exact) mass is 407 g/mol. The van der Waals surface area contributed by atoms with Crippen LogP contribution in [0.15, 0.2) is 23.0 Å². The van der Waals surface area contributed by atoms with Crippen LogP contribution in [0.4, 0.5) is 0 Å². The van der Waals surface area contributed by atoms with E-state index in [9.17, 15) is 9.59 Å². The van der Waals surface area contributed by atoms with E-state index >= 15 is 0 Å². The molecule has 156 valence electrons. The molecule has 3 aromatic rings. The fourth-order valence-electron chi connectivity index (χ4n) is 4.28. The van der Waals surface area contributed by atoms with Crippen molar-refractivity contribution in [1.29, 1.82) is 0 Å². The van der Waals surface area contributed by atoms with Crippen molar-refractivity contribution in [1.82, 2.24) is 34.7 Å². The van der Waals surface area contributed by atoms with Crippen molar-refractivity contribution in [3.05, 3.63) is 51.5 Å². The molecule has 0 unspecified atom stereocenters. The zero-order chi connectivity index (χ0) is 20.8. The normalized spacial score (nSPS) is 21.7. The molecule has 0 atom stereocenters. The number of aryl methyl sites for hydroxylation is 2. The van der Waals surface area contributed by atoms with Crippen molar-refractivity contribution in [3.63, 3.8) is 0 Å². The third-order valence-corrected chi connectivity index (χ3v) is 6.04. The molecule has 0 radical (unpaired) electrons. The molecule has 2 fully saturated rings. The first-order valence-electron chi connectivity index (χ1n) is 10.6. The molecule has 9 heteroatoms. The number of aromatic nitrogens is 6. The molecule has 1 N–H and O–H groups in total. The van der Waals surface area contributed by atoms with Crippen molar-refractivity contribution in [3.8, 4) is 0 Å². The average molecular weight is 407 g/mol. The smallest absolute Gasteiger partial charge is 0.291 e. The van der Waals surface area contributed by atoms with Crippen LogP contribution in [-0.4, -0.2) is 41.3 Å². The minimum Gasteiger partial charge on any atom is -0.347 e. The Kier molecular flexibility index (Phi) is 4.60. The molecule has 3 heterocycles. The lowest BCUT2D eigenvalue weighted by Crippen LogP contribution is -2.40. The van der Waals surface area contributed by atoms with Gasteiger partial charge in [0, 0.05) is 29.4 Å². The molecule has 5 rings (SSSR count). The molecular formula is C21H25N7O2. The summed E-state index contributed by atoms with van der Waals surface area (Å²) in [5, 5.41) is 12.0. The van der Waals surface area contributed by atoms with E-state index in [1.165, 1.54) is 0 Å². The lowest BCUT2D eigenvalue weighted by Gasteiger charge is -2.29. The Balaban J connectivity index is 1.24. The van der Waals surface area contributed by atoms with E-state index in [0.717, 1.165) is 55.6 Å². The summed E-state index contributed by atoms with van der Waals surface area (Å²) < 4.78 is 3.25. The van der Waals surface area contributed by atoms with Gasteiger partial charge in [-0.05, 0) is 64.5 Å². The van der Waals surface area contributed by atoms with Crippen LogP contribution >= 0.6 is 0 Å². The molecule has 30 heavy (non-hydrogen) atoms. The highest BCUT2D eigenvalue weighted by molar-refractivity contribution is 5.91. The molecule has 2 aliphatic carbocycles. The van der Waals surface area contributed by atoms with Gasteiger partial charge in [-0.3, -0.25) is 9.59 Å². The quantitative estimate of drug-likeness (QED) is 0.710. The molecule has 0 bridgehead atoms. The minimum atomic E-state index is -0.285. The van der Waals surface area contributed by atoms with Gasteiger partial charge in [0.1, 0.15) is 0 Å². The SMILES string of the molecule is Cc1cc(C)n2nc(C(=O)NC3CCC(n4nc(C5CC5)ccc4=O)CC3)nc2n1. The van der Waals surface area contributed by atoms with Crippen molar-refractivity contribution in [2.45, 2.75) is 70.4 Å². The van der Waals surface area contributed by atoms with E-state index in [0.29, 0.717) is 11.7 Å². The van der Waals surface area contributed by atoms with Crippen molar-refractivity contribution in [2.75, 3.05) is 0 Å². The molecule has 0 spiro atoms. The van der Waals surface area contributed by atoms with Crippen LogP contribution in [0.25, 0.3) is 5.78 Å². The van der Waals surface area contributed by atoms with Gasteiger partial charge in [0.05, 0.1) is 11.7 Å². The van der Waals surface area contributed by atoms with Crippen LogP contribution < -0.4 is 10.9 Å². The average Bonchev–Trinajstić information content (AvgIpc) is 3.48. The molecule has 9 nitrogen and oxygen atoms in total. The van der Waals surface area contributed by atoms with Gasteiger partial charge in [-0.1, -0.05) is 0 Å². The topological polar surface area (TPSA) is 107 Å². The molecule has 0 aliphatic heterocycles. The van der Waals surface area contributed by atoms with E-state index in [4.69, 9.17) is 0 Å². The Bertz CT molecular complexity index is 1170. The fourth-order valence-corrected chi connectivity index (χ4v) is 4.28. The lowest BCUT2D eigenvalue weighted by molar-refractivity contribution is 0.0911. The van der Waals surface area contributed by atoms with Gasteiger partial charge < -0.3 is 5.32 Å². The van der Waals surface area contributed by atoms with Gasteiger partial charge in [0.15, 0.2) is 0 Å². The first-order valence-corrected chi connectivity index (χ1v) is 10.6. The Morgan fingerprint density at radius 1 is 1.03 bits per heavy atom. The van der Waals surface area contributed by atoms with E-state index in [-0.39, 0.29) is 29.4 Å². The second kappa shape index (κ2) is 7.30. The maximum atomic E-state index is 12.7. The fraction of sp³-hybridized carbons (Fsp3) is 0.524. The minimum absolute atomic E-state index is 0.0403. The van der Waals surface area contributed by atoms with Gasteiger partial charge in [-0.15, -0.1) is 5.10 Å². The Labute approximate surface area is 173 Å². The van der Waals surface area contributed by atoms with Gasteiger partial charge >= 0.3 is 0 Å². The Hall–Kier alpha value is -3.10. The van der Waals surface area contributed by atoms with Crippen LogP contribution in [0.2, 0.25) is 0 Å². The molecule has 3 aromatic heterocycles. The van der Waals surface area contributed by atoms with Gasteiger partial charge in [-0.2, -0.15) is 10.1 Å². The zero-order valence-electron chi connectivity index (χ0n) is 17.2. The van der Waals surface area contributed by atoms with E-state index < -0.39 is 0 Å². The number of carbonyl (C=O) groups excluding carboxylic acids is 1. The molecule has 1 amide bonds. The number of fused-ring (bicyclic) bond motifs is 1. The standard InChI is InChI=1S/C21H25N7O2/c1-12-11-13(2)27-21(22-12)24-19(26-27)20(30)23-15-5-7-16(8-6-15)28-18(29)10-9-17(25-28)14-3-4-14/h9-11,14-16H,3-8H2,1-2H3,(H,23,30). The van der Waals surface area contributed by atoms with E-state index in [1.54, 1.807) is 15.3 Å². The third-order valence-electron chi connectivity index (χ3n) is 6.04. The number of hydrogen-bond acceptors (Lipinski definition) is 6. The first kappa shape index (κ1) is 18.9. The maximum Gasteiger partial charge on any atom is 0.291 e. The number of nitrogens with zero attached hydrogens (tertiary/aromatic N) is 6. The number of amides is 1. The Morgan fingerprint density at radius 2 is 1.80 bits per heavy atom. The highest BCUT2D eigenvalue weighted by Gasteiger charge is 2.29. The van der Waals surface area contributed by atoms with Crippen LogP contribution in [0.5, 0.6) is 0 Å². The maximum absolute atomic E-state index is 12.7. The van der Waals surface area contributed by atoms with Crippen LogP contribution in [0.1, 0.15) is 78.2 Å². The second-order valence-corrected chi connectivity index (χ2v) is 8.48. The van der Waals surface area contributed by atoms with Crippen LogP contribution in [-0.2, 0) is 0 Å². The number of rotatable bonds is 4. The third kappa shape index (κ3) is 3.59. The van der Waals surface area contributed by atoms with Crippen molar-refractivity contribution >= 4 is 11.7 Å². The number of carbonyl (C=O) groups is 1. The number of hydrogen-bond donors (Lipinski definition) is 1. The lowest BCUT2D eigenvalue weighted by atomic mass is 9.91. The summed E-state index contributed by atoms with van der Waals surface area (Å²) in [4.78, 5) is 33.6. The highest BCUT2D eigenvalue weighted by Crippen LogP contribution is 2.38. The second-order valence-electron chi connectivity index (χ2n) is 8.48. The highest BCUT2D eigenvalue weighted by atomic mass is 16.2. The predicted octanol–water partition coefficient (Wildman–Crippen LogP) is 2.09. The summed E-state index contributed by atoms with van der Waals surface area (Å²) in [6, 6.07) is 5.54. The molecule has 0 aromatic carbocycles. The molecule has 0 saturated heterocycles. The summed E-state index contributed by atoms with van der Waals surface area (Å²) in [6.07, 6.45) is 5.53.